The molecule has 1 fully saturated rings. The Bertz CT molecular complexity index is 2320. The van der Waals surface area contributed by atoms with Crippen LogP contribution in [-0.2, 0) is 6.54 Å². The van der Waals surface area contributed by atoms with Crippen molar-refractivity contribution >= 4 is 62.8 Å². The van der Waals surface area contributed by atoms with Crippen LogP contribution in [0.4, 0.5) is 11.5 Å². The van der Waals surface area contributed by atoms with Gasteiger partial charge >= 0.3 is 0 Å². The van der Waals surface area contributed by atoms with E-state index in [9.17, 15) is 4.79 Å². The number of hydrogen-bond donors (Lipinski definition) is 3. The second-order valence-corrected chi connectivity index (χ2v) is 14.9. The van der Waals surface area contributed by atoms with Crippen molar-refractivity contribution in [1.82, 2.24) is 25.3 Å². The van der Waals surface area contributed by atoms with E-state index in [1.54, 1.807) is 6.20 Å². The number of pyridine rings is 1. The molecule has 1 aliphatic heterocycles. The molecule has 1 unspecified atom stereocenters. The fourth-order valence-electron chi connectivity index (χ4n) is 7.49. The van der Waals surface area contributed by atoms with Crippen molar-refractivity contribution in [3.63, 3.8) is 0 Å². The topological polar surface area (TPSA) is 102 Å². The van der Waals surface area contributed by atoms with Gasteiger partial charge in [0.2, 0.25) is 0 Å². The molecule has 0 saturated carbocycles. The number of allylic oxidation sites excluding steroid dienone is 1. The molecule has 9 nitrogen and oxygen atoms in total. The van der Waals surface area contributed by atoms with Gasteiger partial charge in [0.05, 0.1) is 23.1 Å². The van der Waals surface area contributed by atoms with E-state index >= 15 is 0 Å². The Balaban J connectivity index is 1.23. The number of nitrogens with one attached hydrogen (secondary N) is 3. The summed E-state index contributed by atoms with van der Waals surface area (Å²) >= 11 is 12.8. The van der Waals surface area contributed by atoms with Crippen LogP contribution in [0.25, 0.3) is 22.2 Å². The van der Waals surface area contributed by atoms with E-state index < -0.39 is 0 Å². The molecule has 0 bridgehead atoms. The van der Waals surface area contributed by atoms with Crippen LogP contribution >= 0.6 is 23.2 Å². The third kappa shape index (κ3) is 8.05. The zero-order chi connectivity index (χ0) is 38.6. The minimum absolute atomic E-state index is 0.164. The zero-order valence-corrected chi connectivity index (χ0v) is 33.0. The van der Waals surface area contributed by atoms with Gasteiger partial charge in [-0.25, -0.2) is 4.98 Å². The van der Waals surface area contributed by atoms with Gasteiger partial charge in [-0.2, -0.15) is 0 Å². The SMILES string of the molecule is C=CN(/C(=C(\C)c1ccccc1)c1c(C(=O)Nc2cccnc2N2CCC(NCc3c(C)noc3C)CC2)[nH]c2cc(Cl)ccc12)C(C)c1ccc(Cl)cc1. The highest BCUT2D eigenvalue weighted by molar-refractivity contribution is 6.31. The van der Waals surface area contributed by atoms with Crippen LogP contribution in [0.3, 0.4) is 0 Å². The largest absolute Gasteiger partial charge is 0.361 e. The summed E-state index contributed by atoms with van der Waals surface area (Å²) in [6.07, 6.45) is 5.45. The number of aromatic nitrogens is 3. The van der Waals surface area contributed by atoms with Crippen molar-refractivity contribution in [2.75, 3.05) is 23.3 Å². The first-order valence-electron chi connectivity index (χ1n) is 18.5. The Hall–Kier alpha value is -5.35. The molecule has 1 atom stereocenters. The molecular weight excluding hydrogens is 729 g/mol. The molecule has 3 aromatic carbocycles. The van der Waals surface area contributed by atoms with E-state index in [2.05, 4.69) is 63.1 Å². The maximum Gasteiger partial charge on any atom is 0.272 e. The third-order valence-corrected chi connectivity index (χ3v) is 11.1. The number of carbonyl (C=O) groups is 1. The van der Waals surface area contributed by atoms with E-state index in [1.165, 1.54) is 0 Å². The van der Waals surface area contributed by atoms with Gasteiger partial charge in [0, 0.05) is 63.9 Å². The van der Waals surface area contributed by atoms with Crippen molar-refractivity contribution in [2.24, 2.45) is 0 Å². The predicted molar refractivity (Wildman–Crippen MR) is 224 cm³/mol. The normalized spacial score (nSPS) is 14.5. The lowest BCUT2D eigenvalue weighted by molar-refractivity contribution is 0.102. The first kappa shape index (κ1) is 37.9. The van der Waals surface area contributed by atoms with Gasteiger partial charge in [0.25, 0.3) is 5.91 Å². The summed E-state index contributed by atoms with van der Waals surface area (Å²) in [5.74, 6) is 1.29. The van der Waals surface area contributed by atoms with E-state index in [-0.39, 0.29) is 11.9 Å². The number of benzene rings is 3. The molecule has 0 aliphatic carbocycles. The quantitative estimate of drug-likeness (QED) is 0.114. The summed E-state index contributed by atoms with van der Waals surface area (Å²) in [6.45, 7) is 14.7. The number of rotatable bonds is 12. The zero-order valence-electron chi connectivity index (χ0n) is 31.5. The number of hydrogen-bond acceptors (Lipinski definition) is 7. The summed E-state index contributed by atoms with van der Waals surface area (Å²) in [5.41, 5.74) is 8.41. The highest BCUT2D eigenvalue weighted by Gasteiger charge is 2.30. The summed E-state index contributed by atoms with van der Waals surface area (Å²) in [7, 11) is 0. The second-order valence-electron chi connectivity index (χ2n) is 14.0. The van der Waals surface area contributed by atoms with Crippen LogP contribution in [0.15, 0.2) is 108 Å². The van der Waals surface area contributed by atoms with Crippen LogP contribution in [0.1, 0.15) is 76.9 Å². The molecule has 1 amide bonds. The number of piperidine rings is 1. The van der Waals surface area contributed by atoms with Crippen LogP contribution in [-0.4, -0.2) is 45.1 Å². The first-order chi connectivity index (χ1) is 26.6. The third-order valence-electron chi connectivity index (χ3n) is 10.6. The van der Waals surface area contributed by atoms with Crippen molar-refractivity contribution in [2.45, 2.75) is 59.2 Å². The first-order valence-corrected chi connectivity index (χ1v) is 19.3. The maximum atomic E-state index is 14.8. The number of H-pyrrole nitrogens is 1. The fourth-order valence-corrected chi connectivity index (χ4v) is 7.79. The number of amides is 1. The average molecular weight is 775 g/mol. The molecule has 7 rings (SSSR count). The van der Waals surface area contributed by atoms with E-state index in [0.29, 0.717) is 27.5 Å². The number of aromatic amines is 1. The Morgan fingerprint density at radius 3 is 2.45 bits per heavy atom. The maximum absolute atomic E-state index is 14.8. The summed E-state index contributed by atoms with van der Waals surface area (Å²) < 4.78 is 5.35. The summed E-state index contributed by atoms with van der Waals surface area (Å²) in [5, 5.41) is 13.1. The predicted octanol–water partition coefficient (Wildman–Crippen LogP) is 10.6. The van der Waals surface area contributed by atoms with Gasteiger partial charge in [-0.05, 0) is 99.8 Å². The summed E-state index contributed by atoms with van der Waals surface area (Å²) in [4.78, 5) is 27.3. The van der Waals surface area contributed by atoms with Crippen molar-refractivity contribution in [3.8, 4) is 0 Å². The highest BCUT2D eigenvalue weighted by atomic mass is 35.5. The van der Waals surface area contributed by atoms with Crippen molar-refractivity contribution in [1.29, 1.82) is 0 Å². The number of halogens is 2. The van der Waals surface area contributed by atoms with Gasteiger partial charge in [0.1, 0.15) is 11.5 Å². The van der Waals surface area contributed by atoms with Gasteiger partial charge in [-0.3, -0.25) is 4.79 Å². The van der Waals surface area contributed by atoms with Gasteiger partial charge in [0.15, 0.2) is 5.82 Å². The van der Waals surface area contributed by atoms with Gasteiger partial charge in [-0.1, -0.05) is 83.5 Å². The monoisotopic (exact) mass is 773 g/mol. The molecule has 6 aromatic rings. The smallest absolute Gasteiger partial charge is 0.272 e. The fraction of sp³-hybridized carbons (Fsp3) is 0.250. The average Bonchev–Trinajstić information content (AvgIpc) is 3.74. The minimum atomic E-state index is -0.297. The Morgan fingerprint density at radius 1 is 1.04 bits per heavy atom. The lowest BCUT2D eigenvalue weighted by Crippen LogP contribution is -2.43. The van der Waals surface area contributed by atoms with E-state index in [1.807, 2.05) is 92.8 Å². The standard InChI is InChI=1S/C44H45Cl2N7O2/c1-6-53(29(4)32-14-16-33(45)17-15-32)42(27(2)31-11-8-7-9-12-31)40-36-19-18-34(46)25-39(36)49-41(40)44(54)50-38-13-10-22-47-43(38)52-23-20-35(21-24-52)48-26-37-28(3)51-55-30(37)5/h6-19,22,25,29,35,48-49H,1,20-21,23-24,26H2,2-5H3,(H,50,54)/b42-27+. The number of fused-ring (bicyclic) bond motifs is 1. The highest BCUT2D eigenvalue weighted by Crippen LogP contribution is 2.41. The molecule has 55 heavy (non-hydrogen) atoms. The molecular formula is C44H45Cl2N7O2. The van der Waals surface area contributed by atoms with Crippen molar-refractivity contribution in [3.05, 3.63) is 153 Å². The van der Waals surface area contributed by atoms with E-state index in [0.717, 1.165) is 94.2 Å². The number of carbonyl (C=O) groups excluding carboxylic acids is 1. The van der Waals surface area contributed by atoms with Crippen LogP contribution in [0.5, 0.6) is 0 Å². The minimum Gasteiger partial charge on any atom is -0.361 e. The Morgan fingerprint density at radius 2 is 1.76 bits per heavy atom. The number of aryl methyl sites for hydroxylation is 2. The van der Waals surface area contributed by atoms with Gasteiger partial charge < -0.3 is 29.9 Å². The lowest BCUT2D eigenvalue weighted by Gasteiger charge is -2.34. The molecule has 1 aliphatic rings. The van der Waals surface area contributed by atoms with Crippen LogP contribution < -0.4 is 15.5 Å². The molecule has 4 heterocycles. The van der Waals surface area contributed by atoms with Gasteiger partial charge in [-0.15, -0.1) is 0 Å². The molecule has 1 saturated heterocycles. The number of nitrogens with zero attached hydrogens (tertiary/aromatic N) is 4. The van der Waals surface area contributed by atoms with Crippen LogP contribution in [0.2, 0.25) is 10.0 Å². The van der Waals surface area contributed by atoms with E-state index in [4.69, 9.17) is 32.7 Å². The molecule has 0 spiro atoms. The lowest BCUT2D eigenvalue weighted by atomic mass is 9.95. The summed E-state index contributed by atoms with van der Waals surface area (Å²) in [6, 6.07) is 27.6. The number of anilines is 2. The van der Waals surface area contributed by atoms with Crippen LogP contribution in [0, 0.1) is 13.8 Å². The Kier molecular flexibility index (Phi) is 11.4. The molecule has 282 valence electrons. The molecule has 3 aromatic heterocycles. The Labute approximate surface area is 332 Å². The molecule has 0 radical (unpaired) electrons. The molecule has 11 heteroatoms. The second kappa shape index (κ2) is 16.6. The molecule has 3 N–H and O–H groups in total. The van der Waals surface area contributed by atoms with Crippen molar-refractivity contribution < 1.29 is 9.32 Å².